The van der Waals surface area contributed by atoms with Crippen LogP contribution in [0.5, 0.6) is 0 Å². The molecule has 0 aliphatic carbocycles. The summed E-state index contributed by atoms with van der Waals surface area (Å²) in [5, 5.41) is 8.38. The molecule has 8 nitrogen and oxygen atoms in total. The van der Waals surface area contributed by atoms with E-state index in [-0.39, 0.29) is 5.96 Å². The molecule has 14 heavy (non-hydrogen) atoms. The Hall–Kier alpha value is -1.70. The van der Waals surface area contributed by atoms with Crippen LogP contribution in [-0.2, 0) is 4.79 Å². The molecule has 0 aliphatic rings. The summed E-state index contributed by atoms with van der Waals surface area (Å²) in [5.41, 5.74) is 15.3. The molecule has 7 N–H and O–H groups in total. The number of aliphatic imine (C=N–C) groups is 1. The maximum absolute atomic E-state index is 10.2. The molecule has 0 aromatic heterocycles. The molecule has 1 atom stereocenters. The number of hydrogen-bond acceptors (Lipinski definition) is 5. The Balaban J connectivity index is 0. The second kappa shape index (κ2) is 9.39. The Bertz CT molecular complexity index is 192. The summed E-state index contributed by atoms with van der Waals surface area (Å²) in [6.45, 7) is 0.420. The first-order valence-corrected chi connectivity index (χ1v) is 3.74. The number of carbonyl (C=O) groups is 1. The molecule has 0 saturated carbocycles. The van der Waals surface area contributed by atoms with Gasteiger partial charge >= 0.3 is 5.97 Å². The van der Waals surface area contributed by atoms with Crippen molar-refractivity contribution in [1.82, 2.24) is 0 Å². The molecule has 0 bridgehead atoms. The van der Waals surface area contributed by atoms with Gasteiger partial charge in [0.1, 0.15) is 6.04 Å². The van der Waals surface area contributed by atoms with E-state index >= 15 is 0 Å². The predicted molar refractivity (Wildman–Crippen MR) is 52.3 cm³/mol. The van der Waals surface area contributed by atoms with E-state index in [1.54, 1.807) is 0 Å². The van der Waals surface area contributed by atoms with Crippen molar-refractivity contribution in [1.29, 1.82) is 0 Å². The van der Waals surface area contributed by atoms with Gasteiger partial charge in [-0.05, 0) is 12.8 Å². The fraction of sp³-hybridized carbons (Fsp3) is 0.667. The number of rotatable bonds is 5. The summed E-state index contributed by atoms with van der Waals surface area (Å²) >= 11 is 0. The minimum Gasteiger partial charge on any atom is -0.480 e. The zero-order valence-electron chi connectivity index (χ0n) is 7.55. The van der Waals surface area contributed by atoms with Gasteiger partial charge in [0.05, 0.1) is 0 Å². The standard InChI is InChI=1S/C6H14N4O2.O2/c7-4(5(11)12)2-1-3-10-6(8)9;1-2/h4H,1-3,7H2,(H,11,12)(H4,8,9,10);/t4-;/m0./s1. The summed E-state index contributed by atoms with van der Waals surface area (Å²) in [6.07, 6.45) is 0.956. The van der Waals surface area contributed by atoms with Gasteiger partial charge in [-0.1, -0.05) is 0 Å². The molecule has 0 fully saturated rings. The van der Waals surface area contributed by atoms with Crippen molar-refractivity contribution in [3.05, 3.63) is 9.93 Å². The number of aliphatic carboxylic acids is 1. The van der Waals surface area contributed by atoms with E-state index in [1.165, 1.54) is 0 Å². The largest absolute Gasteiger partial charge is 0.480 e. The average Bonchev–Trinajstić information content (AvgIpc) is 2.15. The Morgan fingerprint density at radius 3 is 2.21 bits per heavy atom. The van der Waals surface area contributed by atoms with Gasteiger partial charge in [0.15, 0.2) is 5.96 Å². The van der Waals surface area contributed by atoms with Gasteiger partial charge in [0, 0.05) is 16.5 Å². The first-order chi connectivity index (χ1) is 6.54. The molecule has 8 heteroatoms. The SMILES string of the molecule is NC(N)=NCCC[C@H](N)C(=O)O.O=O. The molecule has 0 aliphatic heterocycles. The number of carboxylic acids is 1. The van der Waals surface area contributed by atoms with Crippen molar-refractivity contribution in [3.63, 3.8) is 0 Å². The van der Waals surface area contributed by atoms with Crippen molar-refractivity contribution >= 4 is 11.9 Å². The predicted octanol–water partition coefficient (Wildman–Crippen LogP) is -1.48. The van der Waals surface area contributed by atoms with Crippen LogP contribution in [0, 0.1) is 9.93 Å². The Labute approximate surface area is 80.4 Å². The van der Waals surface area contributed by atoms with Crippen molar-refractivity contribution in [2.75, 3.05) is 6.54 Å². The monoisotopic (exact) mass is 206 g/mol. The maximum atomic E-state index is 10.2. The molecular weight excluding hydrogens is 192 g/mol. The second-order valence-electron chi connectivity index (χ2n) is 2.39. The normalized spacial score (nSPS) is 10.6. The van der Waals surface area contributed by atoms with Crippen molar-refractivity contribution in [3.8, 4) is 0 Å². The first kappa shape index (κ1) is 14.8. The van der Waals surface area contributed by atoms with E-state index in [9.17, 15) is 4.79 Å². The highest BCUT2D eigenvalue weighted by Gasteiger charge is 2.09. The lowest BCUT2D eigenvalue weighted by Gasteiger charge is -2.03. The van der Waals surface area contributed by atoms with E-state index in [2.05, 4.69) is 4.99 Å². The third-order valence-electron chi connectivity index (χ3n) is 1.28. The molecule has 0 saturated heterocycles. The van der Waals surface area contributed by atoms with Gasteiger partial charge in [-0.2, -0.15) is 0 Å². The molecule has 0 aromatic carbocycles. The third-order valence-corrected chi connectivity index (χ3v) is 1.28. The number of nitrogens with zero attached hydrogens (tertiary/aromatic N) is 1. The summed E-state index contributed by atoms with van der Waals surface area (Å²) < 4.78 is 0. The number of carboxylic acid groups (broad SMARTS) is 1. The third kappa shape index (κ3) is 10.3. The Kier molecular flexibility index (Phi) is 9.93. The summed E-state index contributed by atoms with van der Waals surface area (Å²) in [6, 6.07) is -0.820. The topological polar surface area (TPSA) is 162 Å². The van der Waals surface area contributed by atoms with E-state index < -0.39 is 12.0 Å². The van der Waals surface area contributed by atoms with Crippen LogP contribution in [0.3, 0.4) is 0 Å². The van der Waals surface area contributed by atoms with Crippen LogP contribution < -0.4 is 17.2 Å². The lowest BCUT2D eigenvalue weighted by atomic mass is 10.2. The van der Waals surface area contributed by atoms with Crippen LogP contribution >= 0.6 is 0 Å². The summed E-state index contributed by atoms with van der Waals surface area (Å²) in [5.74, 6) is -0.987. The minimum atomic E-state index is -1.00. The lowest BCUT2D eigenvalue weighted by molar-refractivity contribution is -0.138. The molecule has 82 valence electrons. The highest BCUT2D eigenvalue weighted by Crippen LogP contribution is 1.94. The summed E-state index contributed by atoms with van der Waals surface area (Å²) in [7, 11) is 0. The van der Waals surface area contributed by atoms with Gasteiger partial charge in [0.25, 0.3) is 0 Å². The average molecular weight is 206 g/mol. The van der Waals surface area contributed by atoms with Crippen LogP contribution in [0.15, 0.2) is 4.99 Å². The van der Waals surface area contributed by atoms with Crippen LogP contribution in [0.4, 0.5) is 0 Å². The van der Waals surface area contributed by atoms with Crippen LogP contribution in [0.2, 0.25) is 0 Å². The molecule has 0 rings (SSSR count). The molecule has 0 radical (unpaired) electrons. The molecule has 0 unspecified atom stereocenters. The molecule has 0 amide bonds. The van der Waals surface area contributed by atoms with Gasteiger partial charge < -0.3 is 22.3 Å². The maximum Gasteiger partial charge on any atom is 0.320 e. The van der Waals surface area contributed by atoms with Crippen LogP contribution in [0.25, 0.3) is 0 Å². The smallest absolute Gasteiger partial charge is 0.320 e. The zero-order chi connectivity index (χ0) is 11.6. The summed E-state index contributed by atoms with van der Waals surface area (Å²) in [4.78, 5) is 27.9. The zero-order valence-corrected chi connectivity index (χ0v) is 7.55. The quantitative estimate of drug-likeness (QED) is 0.242. The molecule has 0 aromatic rings. The number of nitrogens with two attached hydrogens (primary N) is 3. The van der Waals surface area contributed by atoms with E-state index in [4.69, 9.17) is 32.2 Å². The molecule has 0 heterocycles. The lowest BCUT2D eigenvalue weighted by Crippen LogP contribution is -2.30. The molecular formula is C6H14N4O4. The molecule has 0 spiro atoms. The minimum absolute atomic E-state index is 0.0129. The van der Waals surface area contributed by atoms with Gasteiger partial charge in [-0.25, -0.2) is 0 Å². The first-order valence-electron chi connectivity index (χ1n) is 3.74. The number of hydrogen-bond donors (Lipinski definition) is 4. The van der Waals surface area contributed by atoms with Crippen LogP contribution in [-0.4, -0.2) is 29.6 Å². The van der Waals surface area contributed by atoms with Crippen molar-refractivity contribution in [2.24, 2.45) is 22.2 Å². The Morgan fingerprint density at radius 1 is 1.36 bits per heavy atom. The van der Waals surface area contributed by atoms with Gasteiger partial charge in [-0.15, -0.1) is 0 Å². The van der Waals surface area contributed by atoms with Gasteiger partial charge in [0.2, 0.25) is 0 Å². The second-order valence-corrected chi connectivity index (χ2v) is 2.39. The van der Waals surface area contributed by atoms with Crippen molar-refractivity contribution < 1.29 is 9.90 Å². The Morgan fingerprint density at radius 2 is 1.86 bits per heavy atom. The highest BCUT2D eigenvalue weighted by molar-refractivity contribution is 5.75. The van der Waals surface area contributed by atoms with E-state index in [1.807, 2.05) is 0 Å². The van der Waals surface area contributed by atoms with E-state index in [0.29, 0.717) is 19.4 Å². The number of guanidine groups is 1. The van der Waals surface area contributed by atoms with Crippen molar-refractivity contribution in [2.45, 2.75) is 18.9 Å². The fourth-order valence-corrected chi connectivity index (χ4v) is 0.643. The van der Waals surface area contributed by atoms with E-state index in [0.717, 1.165) is 0 Å². The van der Waals surface area contributed by atoms with Gasteiger partial charge in [-0.3, -0.25) is 9.79 Å². The van der Waals surface area contributed by atoms with Crippen LogP contribution in [0.1, 0.15) is 12.8 Å². The fourth-order valence-electron chi connectivity index (χ4n) is 0.643. The highest BCUT2D eigenvalue weighted by atomic mass is 16.7.